The van der Waals surface area contributed by atoms with Gasteiger partial charge in [-0.15, -0.1) is 0 Å². The molecule has 96 valence electrons. The zero-order chi connectivity index (χ0) is 13.5. The molecule has 7 nitrogen and oxygen atoms in total. The van der Waals surface area contributed by atoms with Gasteiger partial charge in [0.25, 0.3) is 0 Å². The van der Waals surface area contributed by atoms with Gasteiger partial charge in [-0.25, -0.2) is 4.79 Å². The maximum Gasteiger partial charge on any atom is 0.407 e. The molecule has 0 aromatic heterocycles. The van der Waals surface area contributed by atoms with Crippen molar-refractivity contribution in [2.24, 2.45) is 11.5 Å². The molecule has 3 amide bonds. The standard InChI is InChI=1S/C8H8N2O2.C3H5NO2/c9-7(11)5-3-1-2-4-6(5)8(10)12;5-3-4-1-2-6-3/h1-4H,(H2,9,11)(H2,10,12);1-2H2,(H,4,5). The van der Waals surface area contributed by atoms with Gasteiger partial charge in [-0.2, -0.15) is 0 Å². The van der Waals surface area contributed by atoms with Crippen LogP contribution in [0.3, 0.4) is 0 Å². The molecule has 18 heavy (non-hydrogen) atoms. The second-order valence-electron chi connectivity index (χ2n) is 3.34. The van der Waals surface area contributed by atoms with Crippen molar-refractivity contribution in [3.8, 4) is 0 Å². The van der Waals surface area contributed by atoms with E-state index in [9.17, 15) is 14.4 Å². The van der Waals surface area contributed by atoms with E-state index < -0.39 is 11.8 Å². The van der Waals surface area contributed by atoms with Gasteiger partial charge in [-0.05, 0) is 12.1 Å². The number of carbonyl (C=O) groups is 3. The van der Waals surface area contributed by atoms with Crippen molar-refractivity contribution in [3.63, 3.8) is 0 Å². The minimum absolute atomic E-state index is 0.157. The highest BCUT2D eigenvalue weighted by molar-refractivity contribution is 6.06. The van der Waals surface area contributed by atoms with Crippen molar-refractivity contribution in [1.82, 2.24) is 5.32 Å². The number of benzene rings is 1. The Morgan fingerprint density at radius 3 is 1.83 bits per heavy atom. The van der Waals surface area contributed by atoms with Gasteiger partial charge < -0.3 is 21.5 Å². The summed E-state index contributed by atoms with van der Waals surface area (Å²) in [5, 5.41) is 2.46. The van der Waals surface area contributed by atoms with Gasteiger partial charge in [0.1, 0.15) is 6.61 Å². The Labute approximate surface area is 103 Å². The van der Waals surface area contributed by atoms with Crippen molar-refractivity contribution >= 4 is 17.9 Å². The first-order valence-corrected chi connectivity index (χ1v) is 5.11. The number of hydrogen-bond donors (Lipinski definition) is 3. The third-order valence-corrected chi connectivity index (χ3v) is 2.06. The van der Waals surface area contributed by atoms with E-state index in [0.29, 0.717) is 13.2 Å². The molecule has 1 aromatic rings. The summed E-state index contributed by atoms with van der Waals surface area (Å²) in [6.07, 6.45) is -0.296. The third-order valence-electron chi connectivity index (χ3n) is 2.06. The number of ether oxygens (including phenoxy) is 1. The van der Waals surface area contributed by atoms with Crippen LogP contribution in [0.15, 0.2) is 24.3 Å². The highest BCUT2D eigenvalue weighted by atomic mass is 16.6. The molecule has 1 heterocycles. The Morgan fingerprint density at radius 1 is 1.11 bits per heavy atom. The minimum atomic E-state index is -0.649. The van der Waals surface area contributed by atoms with E-state index in [1.807, 2.05) is 0 Å². The maximum absolute atomic E-state index is 10.7. The summed E-state index contributed by atoms with van der Waals surface area (Å²) in [4.78, 5) is 31.4. The van der Waals surface area contributed by atoms with Crippen LogP contribution in [0.5, 0.6) is 0 Å². The van der Waals surface area contributed by atoms with Crippen LogP contribution < -0.4 is 16.8 Å². The molecule has 1 saturated heterocycles. The number of carbonyl (C=O) groups excluding carboxylic acids is 3. The van der Waals surface area contributed by atoms with Crippen LogP contribution in [0.2, 0.25) is 0 Å². The van der Waals surface area contributed by atoms with Crippen molar-refractivity contribution in [3.05, 3.63) is 35.4 Å². The molecule has 1 aliphatic heterocycles. The molecule has 5 N–H and O–H groups in total. The summed E-state index contributed by atoms with van der Waals surface area (Å²) in [7, 11) is 0. The van der Waals surface area contributed by atoms with E-state index in [1.165, 1.54) is 12.1 Å². The highest BCUT2D eigenvalue weighted by Crippen LogP contribution is 2.06. The van der Waals surface area contributed by atoms with E-state index in [-0.39, 0.29) is 17.2 Å². The predicted molar refractivity (Wildman–Crippen MR) is 62.8 cm³/mol. The van der Waals surface area contributed by atoms with Gasteiger partial charge in [-0.1, -0.05) is 12.1 Å². The summed E-state index contributed by atoms with van der Waals surface area (Å²) in [6.45, 7) is 1.19. The fourth-order valence-corrected chi connectivity index (χ4v) is 1.26. The fourth-order valence-electron chi connectivity index (χ4n) is 1.26. The molecule has 0 saturated carbocycles. The highest BCUT2D eigenvalue weighted by Gasteiger charge is 2.10. The Hall–Kier alpha value is -2.57. The number of hydrogen-bond acceptors (Lipinski definition) is 4. The number of nitrogens with one attached hydrogen (secondary N) is 1. The molecule has 0 atom stereocenters. The summed E-state index contributed by atoms with van der Waals surface area (Å²) < 4.78 is 4.40. The molecule has 1 fully saturated rings. The molecule has 0 radical (unpaired) electrons. The second kappa shape index (κ2) is 6.24. The zero-order valence-corrected chi connectivity index (χ0v) is 9.51. The van der Waals surface area contributed by atoms with Gasteiger partial charge in [0.2, 0.25) is 11.8 Å². The van der Waals surface area contributed by atoms with Crippen LogP contribution in [0, 0.1) is 0 Å². The topological polar surface area (TPSA) is 125 Å². The van der Waals surface area contributed by atoms with Crippen molar-refractivity contribution in [2.45, 2.75) is 0 Å². The van der Waals surface area contributed by atoms with E-state index >= 15 is 0 Å². The molecule has 0 bridgehead atoms. The summed E-state index contributed by atoms with van der Waals surface area (Å²) in [5.74, 6) is -1.30. The average Bonchev–Trinajstić information content (AvgIpc) is 2.81. The fraction of sp³-hybridized carbons (Fsp3) is 0.182. The average molecular weight is 251 g/mol. The number of alkyl carbamates (subject to hydrolysis) is 1. The lowest BCUT2D eigenvalue weighted by atomic mass is 10.1. The molecule has 2 rings (SSSR count). The minimum Gasteiger partial charge on any atom is -0.448 e. The van der Waals surface area contributed by atoms with Crippen LogP contribution in [-0.4, -0.2) is 31.1 Å². The van der Waals surface area contributed by atoms with Gasteiger partial charge in [0, 0.05) is 0 Å². The van der Waals surface area contributed by atoms with Crippen molar-refractivity contribution in [1.29, 1.82) is 0 Å². The van der Waals surface area contributed by atoms with E-state index in [1.54, 1.807) is 12.1 Å². The lowest BCUT2D eigenvalue weighted by Gasteiger charge is -2.00. The Balaban J connectivity index is 0.000000225. The van der Waals surface area contributed by atoms with Gasteiger partial charge >= 0.3 is 6.09 Å². The zero-order valence-electron chi connectivity index (χ0n) is 9.51. The first kappa shape index (κ1) is 13.5. The van der Waals surface area contributed by atoms with Crippen LogP contribution in [0.25, 0.3) is 0 Å². The molecule has 1 aliphatic rings. The monoisotopic (exact) mass is 251 g/mol. The van der Waals surface area contributed by atoms with Gasteiger partial charge in [-0.3, -0.25) is 9.59 Å². The number of cyclic esters (lactones) is 1. The summed E-state index contributed by atoms with van der Waals surface area (Å²) >= 11 is 0. The second-order valence-corrected chi connectivity index (χ2v) is 3.34. The largest absolute Gasteiger partial charge is 0.448 e. The van der Waals surface area contributed by atoms with E-state index in [4.69, 9.17) is 11.5 Å². The van der Waals surface area contributed by atoms with Crippen molar-refractivity contribution in [2.75, 3.05) is 13.2 Å². The van der Waals surface area contributed by atoms with Gasteiger partial charge in [0.15, 0.2) is 0 Å². The lowest BCUT2D eigenvalue weighted by molar-refractivity contribution is 0.0967. The maximum atomic E-state index is 10.7. The third kappa shape index (κ3) is 3.78. The van der Waals surface area contributed by atoms with Crippen LogP contribution in [-0.2, 0) is 4.74 Å². The van der Waals surface area contributed by atoms with Crippen LogP contribution in [0.4, 0.5) is 4.79 Å². The number of nitrogens with two attached hydrogens (primary N) is 2. The molecule has 0 spiro atoms. The molecular formula is C11H13N3O4. The molecule has 0 unspecified atom stereocenters. The molecule has 1 aromatic carbocycles. The number of rotatable bonds is 2. The van der Waals surface area contributed by atoms with Crippen LogP contribution in [0.1, 0.15) is 20.7 Å². The molecular weight excluding hydrogens is 238 g/mol. The van der Waals surface area contributed by atoms with Crippen LogP contribution >= 0.6 is 0 Å². The number of primary amides is 2. The van der Waals surface area contributed by atoms with E-state index in [0.717, 1.165) is 0 Å². The quantitative estimate of drug-likeness (QED) is 0.661. The first-order valence-electron chi connectivity index (χ1n) is 5.11. The lowest BCUT2D eigenvalue weighted by Crippen LogP contribution is -2.20. The first-order chi connectivity index (χ1) is 8.52. The van der Waals surface area contributed by atoms with E-state index in [2.05, 4.69) is 10.1 Å². The normalized spacial score (nSPS) is 12.8. The van der Waals surface area contributed by atoms with Gasteiger partial charge in [0.05, 0.1) is 17.7 Å². The SMILES string of the molecule is NC(=O)c1ccccc1C(N)=O.O=C1NCCO1. The molecule has 0 aliphatic carbocycles. The summed E-state index contributed by atoms with van der Waals surface area (Å²) in [6, 6.07) is 6.16. The van der Waals surface area contributed by atoms with Crippen molar-refractivity contribution < 1.29 is 19.1 Å². The predicted octanol–water partition coefficient (Wildman–Crippen LogP) is -0.389. The number of amides is 3. The Bertz CT molecular complexity index is 432. The Kier molecular flexibility index (Phi) is 4.67. The molecule has 7 heteroatoms. The summed E-state index contributed by atoms with van der Waals surface area (Å²) in [5.41, 5.74) is 10.3. The Morgan fingerprint density at radius 2 is 1.61 bits per heavy atom. The smallest absolute Gasteiger partial charge is 0.407 e.